The number of likely N-dealkylation sites (N-methyl/N-ethyl adjacent to an activating group) is 2. The third kappa shape index (κ3) is 3.48. The minimum Gasteiger partial charge on any atom is -0.330 e. The molecule has 1 aromatic heterocycles. The lowest BCUT2D eigenvalue weighted by Crippen LogP contribution is -2.51. The molecule has 1 atom stereocenters. The first-order valence-corrected chi connectivity index (χ1v) is 6.58. The highest BCUT2D eigenvalue weighted by atomic mass is 15.3. The van der Waals surface area contributed by atoms with Crippen LogP contribution in [-0.4, -0.2) is 66.1 Å². The average Bonchev–Trinajstić information content (AvgIpc) is 2.35. The summed E-state index contributed by atoms with van der Waals surface area (Å²) in [5.74, 6) is 0.938. The van der Waals surface area contributed by atoms with Gasteiger partial charge in [-0.1, -0.05) is 0 Å². The Bertz CT molecular complexity index is 381. The number of rotatable bonds is 4. The second-order valence-electron chi connectivity index (χ2n) is 5.10. The fourth-order valence-corrected chi connectivity index (χ4v) is 2.36. The van der Waals surface area contributed by atoms with Crippen LogP contribution in [0.5, 0.6) is 0 Å². The second kappa shape index (κ2) is 6.22. The van der Waals surface area contributed by atoms with Crippen molar-refractivity contribution in [3.05, 3.63) is 23.8 Å². The van der Waals surface area contributed by atoms with Crippen LogP contribution in [0.25, 0.3) is 0 Å². The summed E-state index contributed by atoms with van der Waals surface area (Å²) < 4.78 is 0. The zero-order valence-electron chi connectivity index (χ0n) is 11.3. The van der Waals surface area contributed by atoms with E-state index < -0.39 is 0 Å². The van der Waals surface area contributed by atoms with Gasteiger partial charge in [-0.25, -0.2) is 9.97 Å². The Morgan fingerprint density at radius 3 is 3.00 bits per heavy atom. The summed E-state index contributed by atoms with van der Waals surface area (Å²) in [6.07, 6.45) is 3.59. The molecule has 0 spiro atoms. The van der Waals surface area contributed by atoms with Crippen molar-refractivity contribution >= 4 is 0 Å². The molecule has 18 heavy (non-hydrogen) atoms. The Morgan fingerprint density at radius 2 is 2.22 bits per heavy atom. The number of piperazine rings is 1. The summed E-state index contributed by atoms with van der Waals surface area (Å²) >= 11 is 0. The maximum Gasteiger partial charge on any atom is 0.130 e. The highest BCUT2D eigenvalue weighted by molar-refractivity contribution is 5.04. The zero-order chi connectivity index (χ0) is 13.0. The van der Waals surface area contributed by atoms with E-state index in [-0.39, 0.29) is 0 Å². The molecule has 2 rings (SSSR count). The van der Waals surface area contributed by atoms with E-state index in [2.05, 4.69) is 33.9 Å². The minimum absolute atomic E-state index is 0.511. The smallest absolute Gasteiger partial charge is 0.130 e. The van der Waals surface area contributed by atoms with Crippen LogP contribution in [-0.2, 0) is 12.8 Å². The fourth-order valence-electron chi connectivity index (χ4n) is 2.36. The molecule has 0 amide bonds. The zero-order valence-corrected chi connectivity index (χ0v) is 11.3. The van der Waals surface area contributed by atoms with Gasteiger partial charge >= 0.3 is 0 Å². The van der Waals surface area contributed by atoms with Crippen LogP contribution in [0, 0.1) is 0 Å². The van der Waals surface area contributed by atoms with Crippen molar-refractivity contribution in [1.82, 2.24) is 19.8 Å². The first-order valence-electron chi connectivity index (χ1n) is 6.58. The summed E-state index contributed by atoms with van der Waals surface area (Å²) in [6.45, 7) is 3.98. The number of nitrogens with zero attached hydrogens (tertiary/aromatic N) is 4. The molecular formula is C13H23N5. The summed E-state index contributed by atoms with van der Waals surface area (Å²) in [7, 11) is 4.35. The molecule has 100 valence electrons. The van der Waals surface area contributed by atoms with Crippen molar-refractivity contribution in [1.29, 1.82) is 0 Å². The van der Waals surface area contributed by atoms with E-state index in [1.54, 1.807) is 0 Å². The largest absolute Gasteiger partial charge is 0.330 e. The lowest BCUT2D eigenvalue weighted by Gasteiger charge is -2.37. The van der Waals surface area contributed by atoms with Gasteiger partial charge in [-0.3, -0.25) is 0 Å². The van der Waals surface area contributed by atoms with E-state index in [9.17, 15) is 0 Å². The number of aromatic nitrogens is 2. The lowest BCUT2D eigenvalue weighted by atomic mass is 10.1. The third-order valence-electron chi connectivity index (χ3n) is 3.56. The number of hydrogen-bond acceptors (Lipinski definition) is 5. The van der Waals surface area contributed by atoms with Gasteiger partial charge in [0.15, 0.2) is 0 Å². The first-order chi connectivity index (χ1) is 8.69. The lowest BCUT2D eigenvalue weighted by molar-refractivity contribution is 0.113. The summed E-state index contributed by atoms with van der Waals surface area (Å²) in [6, 6.07) is 2.46. The van der Waals surface area contributed by atoms with E-state index in [1.165, 1.54) is 0 Å². The third-order valence-corrected chi connectivity index (χ3v) is 3.56. The van der Waals surface area contributed by atoms with Crippen molar-refractivity contribution in [2.75, 3.05) is 40.3 Å². The molecule has 2 heterocycles. The van der Waals surface area contributed by atoms with Crippen molar-refractivity contribution in [2.24, 2.45) is 5.73 Å². The standard InChI is InChI=1S/C13H23N5/c1-17-7-8-18(2)12(10-17)9-13-15-6-4-11(16-13)3-5-14/h4,6,12H,3,5,7-10,14H2,1-2H3. The van der Waals surface area contributed by atoms with Crippen LogP contribution >= 0.6 is 0 Å². The molecule has 0 radical (unpaired) electrons. The highest BCUT2D eigenvalue weighted by Crippen LogP contribution is 2.10. The van der Waals surface area contributed by atoms with Gasteiger partial charge in [0, 0.05) is 50.4 Å². The molecule has 1 unspecified atom stereocenters. The van der Waals surface area contributed by atoms with Crippen LogP contribution in [0.4, 0.5) is 0 Å². The normalized spacial score (nSPS) is 22.3. The molecule has 0 aromatic carbocycles. The van der Waals surface area contributed by atoms with Gasteiger partial charge in [-0.2, -0.15) is 0 Å². The van der Waals surface area contributed by atoms with Gasteiger partial charge in [0.05, 0.1) is 0 Å². The molecular weight excluding hydrogens is 226 g/mol. The van der Waals surface area contributed by atoms with E-state index in [4.69, 9.17) is 5.73 Å². The van der Waals surface area contributed by atoms with Crippen molar-refractivity contribution in [2.45, 2.75) is 18.9 Å². The molecule has 1 saturated heterocycles. The SMILES string of the molecule is CN1CCN(C)C(Cc2nccc(CCN)n2)C1. The molecule has 1 aromatic rings. The predicted molar refractivity (Wildman–Crippen MR) is 72.4 cm³/mol. The molecule has 0 aliphatic carbocycles. The fraction of sp³-hybridized carbons (Fsp3) is 0.692. The van der Waals surface area contributed by atoms with Gasteiger partial charge in [0.25, 0.3) is 0 Å². The number of nitrogens with two attached hydrogens (primary N) is 1. The number of hydrogen-bond donors (Lipinski definition) is 1. The molecule has 0 bridgehead atoms. The Labute approximate surface area is 109 Å². The molecule has 1 aliphatic heterocycles. The quantitative estimate of drug-likeness (QED) is 0.798. The van der Waals surface area contributed by atoms with Crippen LogP contribution in [0.1, 0.15) is 11.5 Å². The first kappa shape index (κ1) is 13.4. The predicted octanol–water partition coefficient (Wildman–Crippen LogP) is -0.234. The van der Waals surface area contributed by atoms with Crippen molar-refractivity contribution in [3.8, 4) is 0 Å². The van der Waals surface area contributed by atoms with Gasteiger partial charge in [0.1, 0.15) is 5.82 Å². The van der Waals surface area contributed by atoms with Crippen molar-refractivity contribution in [3.63, 3.8) is 0 Å². The Kier molecular flexibility index (Phi) is 4.63. The maximum atomic E-state index is 5.56. The second-order valence-corrected chi connectivity index (χ2v) is 5.10. The van der Waals surface area contributed by atoms with Gasteiger partial charge in [0.2, 0.25) is 0 Å². The van der Waals surface area contributed by atoms with Crippen LogP contribution in [0.15, 0.2) is 12.3 Å². The van der Waals surface area contributed by atoms with Crippen LogP contribution in [0.3, 0.4) is 0 Å². The van der Waals surface area contributed by atoms with Crippen molar-refractivity contribution < 1.29 is 0 Å². The average molecular weight is 249 g/mol. The van der Waals surface area contributed by atoms with E-state index in [0.29, 0.717) is 12.6 Å². The van der Waals surface area contributed by atoms with E-state index >= 15 is 0 Å². The highest BCUT2D eigenvalue weighted by Gasteiger charge is 2.23. The van der Waals surface area contributed by atoms with Gasteiger partial charge in [-0.05, 0) is 26.7 Å². The molecule has 2 N–H and O–H groups in total. The molecule has 1 aliphatic rings. The molecule has 5 heteroatoms. The monoisotopic (exact) mass is 249 g/mol. The Morgan fingerprint density at radius 1 is 1.39 bits per heavy atom. The summed E-state index contributed by atoms with van der Waals surface area (Å²) in [5.41, 5.74) is 6.61. The molecule has 0 saturated carbocycles. The Balaban J connectivity index is 2.01. The topological polar surface area (TPSA) is 58.3 Å². The van der Waals surface area contributed by atoms with E-state index in [0.717, 1.165) is 44.0 Å². The Hall–Kier alpha value is -1.04. The molecule has 5 nitrogen and oxygen atoms in total. The maximum absolute atomic E-state index is 5.56. The van der Waals surface area contributed by atoms with Gasteiger partial charge in [-0.15, -0.1) is 0 Å². The van der Waals surface area contributed by atoms with Crippen LogP contribution < -0.4 is 5.73 Å². The summed E-state index contributed by atoms with van der Waals surface area (Å²) in [4.78, 5) is 13.7. The van der Waals surface area contributed by atoms with E-state index in [1.807, 2.05) is 12.3 Å². The van der Waals surface area contributed by atoms with Gasteiger partial charge < -0.3 is 15.5 Å². The van der Waals surface area contributed by atoms with Crippen LogP contribution in [0.2, 0.25) is 0 Å². The minimum atomic E-state index is 0.511. The molecule has 1 fully saturated rings. The summed E-state index contributed by atoms with van der Waals surface area (Å²) in [5, 5.41) is 0.